The molecule has 1 aliphatic carbocycles. The van der Waals surface area contributed by atoms with Crippen LogP contribution in [0.5, 0.6) is 5.75 Å². The first-order valence-corrected chi connectivity index (χ1v) is 15.5. The number of carbonyl (C=O) groups is 1. The van der Waals surface area contributed by atoms with Crippen LogP contribution in [0.15, 0.2) is 91.0 Å². The molecule has 1 amide bonds. The smallest absolute Gasteiger partial charge is 0.251 e. The molecule has 7 heteroatoms. The highest BCUT2D eigenvalue weighted by atomic mass is 35.5. The van der Waals surface area contributed by atoms with Gasteiger partial charge in [0.2, 0.25) is 0 Å². The first-order chi connectivity index (χ1) is 20.5. The number of amides is 1. The number of hydrogen-bond acceptors (Lipinski definition) is 4. The minimum Gasteiger partial charge on any atom is -0.508 e. The molecule has 2 fully saturated rings. The summed E-state index contributed by atoms with van der Waals surface area (Å²) < 4.78 is 0. The van der Waals surface area contributed by atoms with Gasteiger partial charge in [0, 0.05) is 43.3 Å². The van der Waals surface area contributed by atoms with Gasteiger partial charge in [0.1, 0.15) is 5.75 Å². The van der Waals surface area contributed by atoms with Crippen molar-refractivity contribution in [3.8, 4) is 16.9 Å². The van der Waals surface area contributed by atoms with Crippen LogP contribution >= 0.6 is 23.2 Å². The number of aromatic hydroxyl groups is 1. The number of anilines is 1. The predicted molar refractivity (Wildman–Crippen MR) is 172 cm³/mol. The van der Waals surface area contributed by atoms with Crippen LogP contribution in [-0.2, 0) is 0 Å². The Morgan fingerprint density at radius 2 is 1.55 bits per heavy atom. The third-order valence-corrected chi connectivity index (χ3v) is 9.34. The zero-order valence-electron chi connectivity index (χ0n) is 23.5. The molecule has 1 saturated heterocycles. The quantitative estimate of drug-likeness (QED) is 0.226. The second-order valence-electron chi connectivity index (χ2n) is 11.2. The highest BCUT2D eigenvalue weighted by Gasteiger charge is 2.30. The standard InChI is InChI=1S/C35H35Cl2N3O2/c36-30-14-7-15-31(33(30)37)39-18-20-40(21-19-39)34(29-23-25(16-17-32(29)41)24-8-2-1-3-9-24)26-10-6-11-27(22-26)35(42)38-28-12-4-5-13-28/h1-3,6-11,14-17,22-23,28,34,41H,4-5,12-13,18-21H2,(H,38,42). The number of piperazine rings is 1. The Labute approximate surface area is 257 Å². The molecule has 1 saturated carbocycles. The Morgan fingerprint density at radius 1 is 0.810 bits per heavy atom. The van der Waals surface area contributed by atoms with E-state index in [0.29, 0.717) is 15.6 Å². The fourth-order valence-electron chi connectivity index (χ4n) is 6.32. The van der Waals surface area contributed by atoms with Gasteiger partial charge in [-0.05, 0) is 65.9 Å². The number of phenolic OH excluding ortho intramolecular Hbond substituents is 1. The van der Waals surface area contributed by atoms with Crippen LogP contribution < -0.4 is 10.2 Å². The topological polar surface area (TPSA) is 55.8 Å². The van der Waals surface area contributed by atoms with Crippen molar-refractivity contribution in [1.82, 2.24) is 10.2 Å². The van der Waals surface area contributed by atoms with Gasteiger partial charge in [0.15, 0.2) is 0 Å². The SMILES string of the molecule is O=C(NC1CCCC1)c1cccc(C(c2cc(-c3ccccc3)ccc2O)N2CCN(c3cccc(Cl)c3Cl)CC2)c1. The second kappa shape index (κ2) is 12.8. The van der Waals surface area contributed by atoms with Crippen LogP contribution in [0.1, 0.15) is 53.2 Å². The van der Waals surface area contributed by atoms with Gasteiger partial charge in [-0.15, -0.1) is 0 Å². The van der Waals surface area contributed by atoms with Crippen molar-refractivity contribution >= 4 is 34.8 Å². The number of hydrogen-bond donors (Lipinski definition) is 2. The summed E-state index contributed by atoms with van der Waals surface area (Å²) >= 11 is 12.9. The molecule has 0 radical (unpaired) electrons. The fraction of sp³-hybridized carbons (Fsp3) is 0.286. The van der Waals surface area contributed by atoms with Crippen molar-refractivity contribution in [2.75, 3.05) is 31.1 Å². The van der Waals surface area contributed by atoms with E-state index in [9.17, 15) is 9.90 Å². The molecule has 6 rings (SSSR count). The number of nitrogens with zero attached hydrogens (tertiary/aromatic N) is 2. The molecule has 5 nitrogen and oxygen atoms in total. The van der Waals surface area contributed by atoms with Gasteiger partial charge in [0.25, 0.3) is 5.91 Å². The molecule has 2 N–H and O–H groups in total. The lowest BCUT2D eigenvalue weighted by Gasteiger charge is -2.41. The summed E-state index contributed by atoms with van der Waals surface area (Å²) in [4.78, 5) is 17.9. The molecule has 4 aromatic rings. The second-order valence-corrected chi connectivity index (χ2v) is 12.0. The normalized spacial score (nSPS) is 16.9. The van der Waals surface area contributed by atoms with Crippen molar-refractivity contribution in [2.45, 2.75) is 37.8 Å². The zero-order chi connectivity index (χ0) is 29.1. The monoisotopic (exact) mass is 599 g/mol. The number of rotatable bonds is 7. The molecule has 0 aromatic heterocycles. The maximum atomic E-state index is 13.2. The Kier molecular flexibility index (Phi) is 8.71. The fourth-order valence-corrected chi connectivity index (χ4v) is 6.73. The maximum absolute atomic E-state index is 13.2. The molecule has 1 unspecified atom stereocenters. The first-order valence-electron chi connectivity index (χ1n) is 14.7. The number of carbonyl (C=O) groups excluding carboxylic acids is 1. The largest absolute Gasteiger partial charge is 0.508 e. The number of halogens is 2. The third kappa shape index (κ3) is 6.14. The van der Waals surface area contributed by atoms with Crippen molar-refractivity contribution in [3.63, 3.8) is 0 Å². The minimum atomic E-state index is -0.245. The van der Waals surface area contributed by atoms with Gasteiger partial charge in [-0.2, -0.15) is 0 Å². The molecule has 4 aromatic carbocycles. The van der Waals surface area contributed by atoms with Crippen LogP contribution in [-0.4, -0.2) is 48.1 Å². The summed E-state index contributed by atoms with van der Waals surface area (Å²) in [5.41, 5.74) is 5.49. The molecule has 0 spiro atoms. The summed E-state index contributed by atoms with van der Waals surface area (Å²) in [5, 5.41) is 15.6. The van der Waals surface area contributed by atoms with E-state index >= 15 is 0 Å². The Hall–Kier alpha value is -3.51. The third-order valence-electron chi connectivity index (χ3n) is 8.54. The highest BCUT2D eigenvalue weighted by Crippen LogP contribution is 2.39. The Balaban J connectivity index is 1.34. The Morgan fingerprint density at radius 3 is 2.31 bits per heavy atom. The lowest BCUT2D eigenvalue weighted by molar-refractivity contribution is 0.0937. The molecule has 2 aliphatic rings. The van der Waals surface area contributed by atoms with Crippen LogP contribution in [0.3, 0.4) is 0 Å². The maximum Gasteiger partial charge on any atom is 0.251 e. The summed E-state index contributed by atoms with van der Waals surface area (Å²) in [6.45, 7) is 2.97. The van der Waals surface area contributed by atoms with Crippen molar-refractivity contribution < 1.29 is 9.90 Å². The van der Waals surface area contributed by atoms with E-state index < -0.39 is 0 Å². The first kappa shape index (κ1) is 28.6. The van der Waals surface area contributed by atoms with Crippen LogP contribution in [0.2, 0.25) is 10.0 Å². The molecule has 216 valence electrons. The van der Waals surface area contributed by atoms with E-state index in [2.05, 4.69) is 39.4 Å². The van der Waals surface area contributed by atoms with Gasteiger partial charge in [-0.25, -0.2) is 0 Å². The van der Waals surface area contributed by atoms with E-state index in [0.717, 1.165) is 79.8 Å². The zero-order valence-corrected chi connectivity index (χ0v) is 25.0. The molecular weight excluding hydrogens is 565 g/mol. The molecule has 1 atom stereocenters. The summed E-state index contributed by atoms with van der Waals surface area (Å²) in [5.74, 6) is 0.200. The van der Waals surface area contributed by atoms with Gasteiger partial charge >= 0.3 is 0 Å². The van der Waals surface area contributed by atoms with Crippen molar-refractivity contribution in [3.05, 3.63) is 118 Å². The number of nitrogens with one attached hydrogen (secondary N) is 1. The highest BCUT2D eigenvalue weighted by molar-refractivity contribution is 6.43. The average Bonchev–Trinajstić information content (AvgIpc) is 3.54. The van der Waals surface area contributed by atoms with Gasteiger partial charge in [-0.3, -0.25) is 9.69 Å². The summed E-state index contributed by atoms with van der Waals surface area (Å²) in [6, 6.07) is 29.6. The van der Waals surface area contributed by atoms with E-state index in [1.54, 1.807) is 12.1 Å². The molecule has 1 heterocycles. The summed E-state index contributed by atoms with van der Waals surface area (Å²) in [7, 11) is 0. The average molecular weight is 601 g/mol. The predicted octanol–water partition coefficient (Wildman–Crippen LogP) is 7.95. The van der Waals surface area contributed by atoms with E-state index in [1.165, 1.54) is 0 Å². The van der Waals surface area contributed by atoms with Gasteiger partial charge < -0.3 is 15.3 Å². The van der Waals surface area contributed by atoms with E-state index in [4.69, 9.17) is 23.2 Å². The van der Waals surface area contributed by atoms with Gasteiger partial charge in [0.05, 0.1) is 21.8 Å². The Bertz CT molecular complexity index is 1550. The molecule has 0 bridgehead atoms. The van der Waals surface area contributed by atoms with Crippen LogP contribution in [0.4, 0.5) is 5.69 Å². The molecular formula is C35H35Cl2N3O2. The van der Waals surface area contributed by atoms with E-state index in [1.807, 2.05) is 54.6 Å². The van der Waals surface area contributed by atoms with Crippen molar-refractivity contribution in [1.29, 1.82) is 0 Å². The lowest BCUT2D eigenvalue weighted by Crippen LogP contribution is -2.48. The number of benzene rings is 4. The minimum absolute atomic E-state index is 0.0369. The molecule has 1 aliphatic heterocycles. The van der Waals surface area contributed by atoms with E-state index in [-0.39, 0.29) is 23.7 Å². The van der Waals surface area contributed by atoms with Crippen LogP contribution in [0, 0.1) is 0 Å². The van der Waals surface area contributed by atoms with Crippen molar-refractivity contribution in [2.24, 2.45) is 0 Å². The van der Waals surface area contributed by atoms with Gasteiger partial charge in [-0.1, -0.05) is 90.6 Å². The number of phenols is 1. The molecule has 42 heavy (non-hydrogen) atoms. The summed E-state index contributed by atoms with van der Waals surface area (Å²) in [6.07, 6.45) is 4.40. The van der Waals surface area contributed by atoms with Crippen LogP contribution in [0.25, 0.3) is 11.1 Å². The lowest BCUT2D eigenvalue weighted by atomic mass is 9.91.